The molecule has 0 aromatic carbocycles. The summed E-state index contributed by atoms with van der Waals surface area (Å²) in [6.45, 7) is 0.374. The van der Waals surface area contributed by atoms with E-state index in [9.17, 15) is 4.57 Å². The van der Waals surface area contributed by atoms with Crippen molar-refractivity contribution in [3.8, 4) is 0 Å². The molecule has 1 atom stereocenters. The van der Waals surface area contributed by atoms with E-state index < -0.39 is 8.25 Å². The molecule has 0 aliphatic heterocycles. The van der Waals surface area contributed by atoms with Gasteiger partial charge in [0.15, 0.2) is 0 Å². The van der Waals surface area contributed by atoms with Gasteiger partial charge in [0, 0.05) is 4.57 Å². The van der Waals surface area contributed by atoms with E-state index in [1.165, 1.54) is 0 Å². The van der Waals surface area contributed by atoms with Crippen LogP contribution in [0.4, 0.5) is 0 Å². The van der Waals surface area contributed by atoms with E-state index in [4.69, 9.17) is 4.89 Å². The molecule has 0 aliphatic carbocycles. The van der Waals surface area contributed by atoms with Gasteiger partial charge in [-0.05, 0) is 18.6 Å². The molecule has 1 N–H and O–H groups in total. The Morgan fingerprint density at radius 2 is 2.10 bits per heavy atom. The van der Waals surface area contributed by atoms with E-state index in [0.717, 1.165) is 25.0 Å². The molecule has 5 heteroatoms. The molecule has 0 rings (SSSR count). The van der Waals surface area contributed by atoms with Gasteiger partial charge in [0.25, 0.3) is 0 Å². The normalized spacial score (nSPS) is 11.6. The van der Waals surface area contributed by atoms with Crippen molar-refractivity contribution in [2.24, 2.45) is 0 Å². The van der Waals surface area contributed by atoms with Crippen molar-refractivity contribution in [1.82, 2.24) is 0 Å². The van der Waals surface area contributed by atoms with Crippen molar-refractivity contribution in [2.45, 2.75) is 19.3 Å². The fraction of sp³-hybridized carbons (Fsp3) is 1.00. The lowest BCUT2D eigenvalue weighted by Crippen LogP contribution is -1.86. The molecule has 10 heavy (non-hydrogen) atoms. The van der Waals surface area contributed by atoms with E-state index in [1.54, 1.807) is 0 Å². The summed E-state index contributed by atoms with van der Waals surface area (Å²) in [6, 6.07) is 0. The zero-order valence-electron chi connectivity index (χ0n) is 5.69. The molecule has 0 aliphatic rings. The first-order chi connectivity index (χ1) is 4.77. The third-order valence-electron chi connectivity index (χ3n) is 1.00. The number of rotatable bonds is 6. The first-order valence-corrected chi connectivity index (χ1v) is 4.93. The molecular formula is C5H12O3PS+. The van der Waals surface area contributed by atoms with Gasteiger partial charge in [0.05, 0.1) is 0 Å². The van der Waals surface area contributed by atoms with Gasteiger partial charge < -0.3 is 0 Å². The van der Waals surface area contributed by atoms with Gasteiger partial charge in [-0.3, -0.25) is 0 Å². The largest absolute Gasteiger partial charge is 0.694 e. The molecule has 0 bridgehead atoms. The number of thiol groups is 1. The molecule has 3 nitrogen and oxygen atoms in total. The topological polar surface area (TPSA) is 46.5 Å². The van der Waals surface area contributed by atoms with Crippen LogP contribution < -0.4 is 0 Å². The average Bonchev–Trinajstić information content (AvgIpc) is 1.87. The second-order valence-electron chi connectivity index (χ2n) is 1.86. The maximum Gasteiger partial charge on any atom is 0.694 e. The highest BCUT2D eigenvalue weighted by molar-refractivity contribution is 7.80. The van der Waals surface area contributed by atoms with Crippen molar-refractivity contribution < 1.29 is 14.0 Å². The average molecular weight is 183 g/mol. The molecule has 0 fully saturated rings. The Morgan fingerprint density at radius 1 is 1.40 bits per heavy atom. The molecule has 0 radical (unpaired) electrons. The minimum absolute atomic E-state index is 0.374. The highest BCUT2D eigenvalue weighted by Gasteiger charge is 2.09. The second kappa shape index (κ2) is 7.48. The first-order valence-electron chi connectivity index (χ1n) is 3.17. The highest BCUT2D eigenvalue weighted by atomic mass is 32.1. The van der Waals surface area contributed by atoms with Gasteiger partial charge in [0.2, 0.25) is 0 Å². The van der Waals surface area contributed by atoms with Crippen LogP contribution in [-0.2, 0) is 9.09 Å². The van der Waals surface area contributed by atoms with Gasteiger partial charge in [-0.1, -0.05) is 6.42 Å². The van der Waals surface area contributed by atoms with Crippen molar-refractivity contribution in [3.05, 3.63) is 0 Å². The summed E-state index contributed by atoms with van der Waals surface area (Å²) in [5.41, 5.74) is 0. The summed E-state index contributed by atoms with van der Waals surface area (Å²) in [5.74, 6) is 0.866. The minimum atomic E-state index is -2.39. The van der Waals surface area contributed by atoms with Crippen LogP contribution >= 0.6 is 20.9 Å². The first kappa shape index (κ1) is 10.4. The lowest BCUT2D eigenvalue weighted by atomic mass is 10.3. The van der Waals surface area contributed by atoms with Gasteiger partial charge in [-0.2, -0.15) is 12.6 Å². The van der Waals surface area contributed by atoms with Gasteiger partial charge in [-0.25, -0.2) is 0 Å². The molecule has 0 aromatic heterocycles. The third kappa shape index (κ3) is 8.37. The van der Waals surface area contributed by atoms with E-state index >= 15 is 0 Å². The molecule has 1 unspecified atom stereocenters. The van der Waals surface area contributed by atoms with Crippen LogP contribution in [-0.4, -0.2) is 17.3 Å². The summed E-state index contributed by atoms with van der Waals surface area (Å²) in [6.07, 6.45) is 2.88. The number of unbranched alkanes of at least 4 members (excludes halogenated alkanes) is 2. The van der Waals surface area contributed by atoms with Crippen molar-refractivity contribution in [3.63, 3.8) is 0 Å². The fourth-order valence-corrected chi connectivity index (χ4v) is 1.04. The van der Waals surface area contributed by atoms with Crippen molar-refractivity contribution in [2.75, 3.05) is 12.4 Å². The summed E-state index contributed by atoms with van der Waals surface area (Å²) in [5, 5.41) is 0. The molecule has 0 saturated heterocycles. The van der Waals surface area contributed by atoms with Crippen LogP contribution in [0.3, 0.4) is 0 Å². The Hall–Kier alpha value is 0.370. The maximum atomic E-state index is 9.94. The summed E-state index contributed by atoms with van der Waals surface area (Å²) >= 11 is 4.02. The van der Waals surface area contributed by atoms with Crippen LogP contribution in [0.15, 0.2) is 0 Å². The monoisotopic (exact) mass is 183 g/mol. The molecule has 0 heterocycles. The van der Waals surface area contributed by atoms with Crippen molar-refractivity contribution in [1.29, 1.82) is 0 Å². The number of hydrogen-bond acceptors (Lipinski definition) is 3. The van der Waals surface area contributed by atoms with E-state index in [2.05, 4.69) is 17.2 Å². The lowest BCUT2D eigenvalue weighted by molar-refractivity contribution is 0.275. The lowest BCUT2D eigenvalue weighted by Gasteiger charge is -1.91. The SMILES string of the molecule is O=[P+](O)OCCCCCS. The maximum absolute atomic E-state index is 9.94. The van der Waals surface area contributed by atoms with Crippen LogP contribution in [0.2, 0.25) is 0 Å². The van der Waals surface area contributed by atoms with E-state index in [0.29, 0.717) is 6.61 Å². The molecule has 0 aromatic rings. The van der Waals surface area contributed by atoms with Crippen LogP contribution in [0.5, 0.6) is 0 Å². The number of hydrogen-bond donors (Lipinski definition) is 2. The van der Waals surface area contributed by atoms with Crippen LogP contribution in [0.25, 0.3) is 0 Å². The zero-order chi connectivity index (χ0) is 7.82. The summed E-state index contributed by atoms with van der Waals surface area (Å²) in [4.78, 5) is 8.18. The predicted octanol–water partition coefficient (Wildman–Crippen LogP) is 1.75. The smallest absolute Gasteiger partial charge is 0.179 e. The highest BCUT2D eigenvalue weighted by Crippen LogP contribution is 2.14. The predicted molar refractivity (Wildman–Crippen MR) is 43.5 cm³/mol. The zero-order valence-corrected chi connectivity index (χ0v) is 7.48. The third-order valence-corrected chi connectivity index (χ3v) is 1.72. The quantitative estimate of drug-likeness (QED) is 0.374. The molecular weight excluding hydrogens is 171 g/mol. The van der Waals surface area contributed by atoms with Gasteiger partial charge in [0.1, 0.15) is 6.61 Å². The second-order valence-corrected chi connectivity index (χ2v) is 3.04. The fourth-order valence-electron chi connectivity index (χ4n) is 0.533. The van der Waals surface area contributed by atoms with Gasteiger partial charge in [-0.15, -0.1) is 9.42 Å². The summed E-state index contributed by atoms with van der Waals surface area (Å²) in [7, 11) is -2.39. The Kier molecular flexibility index (Phi) is 7.75. The standard InChI is InChI=1S/C5H11O3PS/c6-9(7)8-4-2-1-3-5-10/h1-5H2,(H-,6,7,10)/p+1. The Labute approximate surface area is 67.1 Å². The Bertz CT molecular complexity index is 98.9. The molecule has 60 valence electrons. The molecule has 0 spiro atoms. The van der Waals surface area contributed by atoms with Crippen LogP contribution in [0.1, 0.15) is 19.3 Å². The van der Waals surface area contributed by atoms with E-state index in [-0.39, 0.29) is 0 Å². The Balaban J connectivity index is 2.84. The van der Waals surface area contributed by atoms with Crippen LogP contribution in [0, 0.1) is 0 Å². The summed E-state index contributed by atoms with van der Waals surface area (Å²) < 4.78 is 14.4. The van der Waals surface area contributed by atoms with Crippen molar-refractivity contribution >= 4 is 20.9 Å². The van der Waals surface area contributed by atoms with Gasteiger partial charge >= 0.3 is 8.25 Å². The molecule has 0 saturated carbocycles. The molecule has 0 amide bonds. The Morgan fingerprint density at radius 3 is 2.60 bits per heavy atom. The van der Waals surface area contributed by atoms with E-state index in [1.807, 2.05) is 0 Å². The minimum Gasteiger partial charge on any atom is -0.179 e.